The van der Waals surface area contributed by atoms with E-state index in [0.29, 0.717) is 6.04 Å². The molecule has 0 amide bonds. The van der Waals surface area contributed by atoms with Crippen molar-refractivity contribution < 1.29 is 4.90 Å². The zero-order valence-corrected chi connectivity index (χ0v) is 16.3. The molecule has 0 radical (unpaired) electrons. The second-order valence-corrected chi connectivity index (χ2v) is 8.78. The average Bonchev–Trinajstić information content (AvgIpc) is 3.05. The molecule has 2 fully saturated rings. The number of thiocarbonyl (C=S) groups is 1. The van der Waals surface area contributed by atoms with E-state index in [4.69, 9.17) is 17.2 Å². The van der Waals surface area contributed by atoms with Crippen molar-refractivity contribution in [2.75, 3.05) is 26.2 Å². The number of piperazine rings is 1. The van der Waals surface area contributed by atoms with Crippen molar-refractivity contribution >= 4 is 38.9 Å². The molecular weight excluding hydrogens is 348 g/mol. The van der Waals surface area contributed by atoms with E-state index in [0.717, 1.165) is 43.4 Å². The molecule has 1 saturated heterocycles. The summed E-state index contributed by atoms with van der Waals surface area (Å²) in [6.07, 6.45) is 6.64. The van der Waals surface area contributed by atoms with E-state index in [2.05, 4.69) is 34.5 Å². The summed E-state index contributed by atoms with van der Waals surface area (Å²) in [5.74, 6) is 0. The van der Waals surface area contributed by atoms with Gasteiger partial charge in [0, 0.05) is 6.04 Å². The third kappa shape index (κ3) is 4.30. The minimum Gasteiger partial charge on any atom is -0.360 e. The average molecular weight is 376 g/mol. The molecule has 134 valence electrons. The lowest BCUT2D eigenvalue weighted by molar-refractivity contribution is -0.917. The van der Waals surface area contributed by atoms with Crippen LogP contribution in [0, 0.1) is 0 Å². The van der Waals surface area contributed by atoms with Gasteiger partial charge in [0.1, 0.15) is 11.6 Å². The van der Waals surface area contributed by atoms with Crippen LogP contribution in [0.4, 0.5) is 0 Å². The number of fused-ring (bicyclic) bond motifs is 1. The number of aromatic nitrogens is 1. The quantitative estimate of drug-likeness (QED) is 0.806. The highest BCUT2D eigenvalue weighted by atomic mass is 32.1. The van der Waals surface area contributed by atoms with Crippen LogP contribution in [0.1, 0.15) is 37.1 Å². The third-order valence-electron chi connectivity index (χ3n) is 5.43. The van der Waals surface area contributed by atoms with Crippen molar-refractivity contribution in [1.82, 2.24) is 15.2 Å². The summed E-state index contributed by atoms with van der Waals surface area (Å²) >= 11 is 7.50. The molecule has 1 aromatic heterocycles. The standard InChI is InChI=1S/C19H26N4S2/c24-19(20-15-6-2-1-3-7-15)23-12-10-22(11-13-23)14-18-21-16-8-4-5-9-17(16)25-18/h4-5,8-9,15H,1-3,6-7,10-14H2,(H,20,24)/p+1. The molecule has 2 aromatic rings. The maximum Gasteiger partial charge on any atom is 0.169 e. The Morgan fingerprint density at radius 1 is 1.20 bits per heavy atom. The molecule has 0 spiro atoms. The number of quaternary nitrogens is 1. The summed E-state index contributed by atoms with van der Waals surface area (Å²) in [5, 5.41) is 5.84. The van der Waals surface area contributed by atoms with Gasteiger partial charge < -0.3 is 15.1 Å². The van der Waals surface area contributed by atoms with Gasteiger partial charge in [0.25, 0.3) is 0 Å². The van der Waals surface area contributed by atoms with Crippen LogP contribution < -0.4 is 10.2 Å². The van der Waals surface area contributed by atoms with Crippen LogP contribution in [0.3, 0.4) is 0 Å². The van der Waals surface area contributed by atoms with Crippen LogP contribution in [-0.2, 0) is 6.54 Å². The number of rotatable bonds is 3. The first-order chi connectivity index (χ1) is 12.3. The second kappa shape index (κ2) is 7.98. The van der Waals surface area contributed by atoms with Crippen LogP contribution in [0.2, 0.25) is 0 Å². The molecule has 2 aliphatic rings. The van der Waals surface area contributed by atoms with Gasteiger partial charge in [-0.2, -0.15) is 0 Å². The second-order valence-electron chi connectivity index (χ2n) is 7.27. The molecule has 1 aliphatic carbocycles. The van der Waals surface area contributed by atoms with Gasteiger partial charge in [0.15, 0.2) is 5.11 Å². The lowest BCUT2D eigenvalue weighted by Gasteiger charge is -2.35. The molecule has 1 aliphatic heterocycles. The Morgan fingerprint density at radius 3 is 2.72 bits per heavy atom. The molecule has 0 atom stereocenters. The number of para-hydroxylation sites is 1. The topological polar surface area (TPSA) is 32.6 Å². The number of hydrogen-bond donors (Lipinski definition) is 2. The van der Waals surface area contributed by atoms with Crippen molar-refractivity contribution in [1.29, 1.82) is 0 Å². The highest BCUT2D eigenvalue weighted by molar-refractivity contribution is 7.80. The molecule has 6 heteroatoms. The summed E-state index contributed by atoms with van der Waals surface area (Å²) in [7, 11) is 0. The molecule has 4 rings (SSSR count). The maximum atomic E-state index is 5.66. The van der Waals surface area contributed by atoms with Crippen LogP contribution in [-0.4, -0.2) is 47.2 Å². The SMILES string of the molecule is S=C(NC1CCCCC1)N1CC[NH+](Cc2nc3ccccc3s2)CC1. The van der Waals surface area contributed by atoms with Crippen molar-refractivity contribution in [2.45, 2.75) is 44.7 Å². The predicted octanol–water partition coefficient (Wildman–Crippen LogP) is 2.20. The van der Waals surface area contributed by atoms with Gasteiger partial charge in [0.2, 0.25) is 0 Å². The molecular formula is C19H27N4S2+. The van der Waals surface area contributed by atoms with Crippen molar-refractivity contribution in [3.8, 4) is 0 Å². The Kier molecular flexibility index (Phi) is 5.48. The van der Waals surface area contributed by atoms with E-state index in [-0.39, 0.29) is 0 Å². The van der Waals surface area contributed by atoms with Gasteiger partial charge >= 0.3 is 0 Å². The maximum absolute atomic E-state index is 5.66. The van der Waals surface area contributed by atoms with Crippen molar-refractivity contribution in [3.63, 3.8) is 0 Å². The molecule has 25 heavy (non-hydrogen) atoms. The fourth-order valence-corrected chi connectivity index (χ4v) is 5.31. The fourth-order valence-electron chi connectivity index (χ4n) is 3.93. The number of nitrogens with one attached hydrogen (secondary N) is 2. The Morgan fingerprint density at radius 2 is 1.96 bits per heavy atom. The smallest absolute Gasteiger partial charge is 0.169 e. The normalized spacial score (nSPS) is 20.1. The van der Waals surface area contributed by atoms with Crippen molar-refractivity contribution in [2.24, 2.45) is 0 Å². The van der Waals surface area contributed by atoms with Crippen LogP contribution in [0.15, 0.2) is 24.3 Å². The minimum absolute atomic E-state index is 0.606. The fraction of sp³-hybridized carbons (Fsp3) is 0.579. The molecule has 0 unspecified atom stereocenters. The Balaban J connectivity index is 1.26. The lowest BCUT2D eigenvalue weighted by Crippen LogP contribution is -3.13. The number of nitrogens with zero attached hydrogens (tertiary/aromatic N) is 2. The van der Waals surface area contributed by atoms with E-state index >= 15 is 0 Å². The van der Waals surface area contributed by atoms with E-state index in [1.54, 1.807) is 4.90 Å². The summed E-state index contributed by atoms with van der Waals surface area (Å²) in [6, 6.07) is 9.04. The summed E-state index contributed by atoms with van der Waals surface area (Å²) in [6.45, 7) is 5.43. The summed E-state index contributed by atoms with van der Waals surface area (Å²) < 4.78 is 1.30. The minimum atomic E-state index is 0.606. The van der Waals surface area contributed by atoms with E-state index in [1.165, 1.54) is 41.8 Å². The molecule has 1 aromatic carbocycles. The monoisotopic (exact) mass is 375 g/mol. The predicted molar refractivity (Wildman–Crippen MR) is 108 cm³/mol. The number of benzene rings is 1. The van der Waals surface area contributed by atoms with Crippen molar-refractivity contribution in [3.05, 3.63) is 29.3 Å². The molecule has 1 saturated carbocycles. The summed E-state index contributed by atoms with van der Waals surface area (Å²) in [4.78, 5) is 8.77. The molecule has 2 heterocycles. The Bertz CT molecular complexity index is 682. The largest absolute Gasteiger partial charge is 0.360 e. The number of hydrogen-bond acceptors (Lipinski definition) is 3. The van der Waals surface area contributed by atoms with Crippen LogP contribution in [0.25, 0.3) is 10.2 Å². The van der Waals surface area contributed by atoms with Gasteiger partial charge in [-0.15, -0.1) is 11.3 Å². The van der Waals surface area contributed by atoms with E-state index in [1.807, 2.05) is 11.3 Å². The van der Waals surface area contributed by atoms with Gasteiger partial charge in [-0.1, -0.05) is 31.4 Å². The van der Waals surface area contributed by atoms with Gasteiger partial charge in [-0.25, -0.2) is 4.98 Å². The number of thiazole rings is 1. The third-order valence-corrected chi connectivity index (χ3v) is 6.84. The van der Waals surface area contributed by atoms with Gasteiger partial charge in [-0.3, -0.25) is 0 Å². The first kappa shape index (κ1) is 17.2. The first-order valence-corrected chi connectivity index (χ1v) is 10.7. The molecule has 0 bridgehead atoms. The Hall–Kier alpha value is -1.24. The Labute approximate surface area is 159 Å². The van der Waals surface area contributed by atoms with E-state index in [9.17, 15) is 0 Å². The highest BCUT2D eigenvalue weighted by Crippen LogP contribution is 2.21. The van der Waals surface area contributed by atoms with Gasteiger partial charge in [-0.05, 0) is 37.2 Å². The highest BCUT2D eigenvalue weighted by Gasteiger charge is 2.24. The van der Waals surface area contributed by atoms with Crippen LogP contribution in [0.5, 0.6) is 0 Å². The first-order valence-electron chi connectivity index (χ1n) is 9.51. The zero-order valence-electron chi connectivity index (χ0n) is 14.7. The van der Waals surface area contributed by atoms with Gasteiger partial charge in [0.05, 0.1) is 36.4 Å². The lowest BCUT2D eigenvalue weighted by atomic mass is 9.96. The summed E-state index contributed by atoms with van der Waals surface area (Å²) in [5.41, 5.74) is 1.14. The van der Waals surface area contributed by atoms with E-state index < -0.39 is 0 Å². The molecule has 2 N–H and O–H groups in total. The zero-order chi connectivity index (χ0) is 17.1. The molecule has 4 nitrogen and oxygen atoms in total. The van der Waals surface area contributed by atoms with Crippen LogP contribution >= 0.6 is 23.6 Å².